The van der Waals surface area contributed by atoms with E-state index >= 15 is 0 Å². The van der Waals surface area contributed by atoms with Gasteiger partial charge in [0.2, 0.25) is 0 Å². The quantitative estimate of drug-likeness (QED) is 0.393. The molecule has 0 radical (unpaired) electrons. The van der Waals surface area contributed by atoms with Crippen LogP contribution in [0.2, 0.25) is 0 Å². The Labute approximate surface area is 158 Å². The minimum atomic E-state index is 0. The molecule has 0 spiro atoms. The van der Waals surface area contributed by atoms with Gasteiger partial charge in [-0.05, 0) is 42.8 Å². The van der Waals surface area contributed by atoms with Gasteiger partial charge in [0, 0.05) is 28.2 Å². The number of thiophene rings is 2. The van der Waals surface area contributed by atoms with Crippen LogP contribution in [0.1, 0.15) is 21.6 Å². The van der Waals surface area contributed by atoms with Crippen molar-refractivity contribution < 1.29 is 0 Å². The summed E-state index contributed by atoms with van der Waals surface area (Å²) in [6.07, 6.45) is 1.12. The predicted molar refractivity (Wildman–Crippen MR) is 110 cm³/mol. The smallest absolute Gasteiger partial charge is 0.191 e. The molecule has 0 bridgehead atoms. The maximum atomic E-state index is 4.28. The standard InChI is InChI=1S/C16H23N3S2.HI/c1-12(9-14-5-4-8-20-14)10-18-16(17-3)19-11-15-7-6-13(2)21-15;/h4-8,12H,9-11H2,1-3H3,(H2,17,18,19);1H. The molecule has 2 heterocycles. The maximum absolute atomic E-state index is 4.28. The fraction of sp³-hybridized carbons (Fsp3) is 0.438. The van der Waals surface area contributed by atoms with Gasteiger partial charge in [-0.1, -0.05) is 13.0 Å². The van der Waals surface area contributed by atoms with E-state index in [0.717, 1.165) is 25.5 Å². The lowest BCUT2D eigenvalue weighted by Gasteiger charge is -2.15. The van der Waals surface area contributed by atoms with Crippen LogP contribution < -0.4 is 10.6 Å². The van der Waals surface area contributed by atoms with Crippen molar-refractivity contribution in [3.63, 3.8) is 0 Å². The summed E-state index contributed by atoms with van der Waals surface area (Å²) < 4.78 is 0. The third-order valence-electron chi connectivity index (χ3n) is 3.20. The molecule has 0 aliphatic carbocycles. The monoisotopic (exact) mass is 449 g/mol. The van der Waals surface area contributed by atoms with Crippen molar-refractivity contribution in [2.45, 2.75) is 26.8 Å². The van der Waals surface area contributed by atoms with E-state index in [9.17, 15) is 0 Å². The number of aliphatic imine (C=N–C) groups is 1. The number of rotatable bonds is 6. The fourth-order valence-corrected chi connectivity index (χ4v) is 3.79. The van der Waals surface area contributed by atoms with E-state index in [0.29, 0.717) is 5.92 Å². The molecule has 2 aromatic rings. The molecule has 22 heavy (non-hydrogen) atoms. The van der Waals surface area contributed by atoms with Gasteiger partial charge in [-0.3, -0.25) is 4.99 Å². The van der Waals surface area contributed by atoms with Crippen LogP contribution in [0.15, 0.2) is 34.6 Å². The van der Waals surface area contributed by atoms with Crippen LogP contribution in [0.5, 0.6) is 0 Å². The Morgan fingerprint density at radius 2 is 2.05 bits per heavy atom. The molecule has 0 saturated heterocycles. The Morgan fingerprint density at radius 1 is 1.23 bits per heavy atom. The normalized spacial score (nSPS) is 12.6. The number of hydrogen-bond acceptors (Lipinski definition) is 3. The molecule has 0 aromatic carbocycles. The molecule has 1 atom stereocenters. The zero-order chi connectivity index (χ0) is 15.1. The van der Waals surface area contributed by atoms with E-state index < -0.39 is 0 Å². The summed E-state index contributed by atoms with van der Waals surface area (Å²) in [4.78, 5) is 8.41. The Morgan fingerprint density at radius 3 is 2.64 bits per heavy atom. The average Bonchev–Trinajstić information content (AvgIpc) is 3.11. The molecule has 2 aromatic heterocycles. The second-order valence-corrected chi connectivity index (χ2v) is 7.61. The highest BCUT2D eigenvalue weighted by atomic mass is 127. The van der Waals surface area contributed by atoms with Gasteiger partial charge in [-0.25, -0.2) is 0 Å². The van der Waals surface area contributed by atoms with E-state index in [1.54, 1.807) is 0 Å². The molecule has 0 saturated carbocycles. The van der Waals surface area contributed by atoms with Crippen LogP contribution in [0.4, 0.5) is 0 Å². The van der Waals surface area contributed by atoms with Crippen LogP contribution in [0.25, 0.3) is 0 Å². The summed E-state index contributed by atoms with van der Waals surface area (Å²) in [6.45, 7) is 6.16. The first-order chi connectivity index (χ1) is 10.2. The Balaban J connectivity index is 0.00000242. The fourth-order valence-electron chi connectivity index (χ4n) is 2.09. The minimum absolute atomic E-state index is 0. The van der Waals surface area contributed by atoms with E-state index in [2.05, 4.69) is 59.1 Å². The molecular formula is C16H24IN3S2. The number of nitrogens with one attached hydrogen (secondary N) is 2. The van der Waals surface area contributed by atoms with Gasteiger partial charge in [0.05, 0.1) is 6.54 Å². The Hall–Kier alpha value is -0.600. The van der Waals surface area contributed by atoms with Crippen LogP contribution in [-0.2, 0) is 13.0 Å². The van der Waals surface area contributed by atoms with Gasteiger partial charge in [0.25, 0.3) is 0 Å². The molecule has 122 valence electrons. The first kappa shape index (κ1) is 19.4. The van der Waals surface area contributed by atoms with Crippen molar-refractivity contribution in [2.75, 3.05) is 13.6 Å². The molecule has 0 aliphatic rings. The summed E-state index contributed by atoms with van der Waals surface area (Å²) in [5.74, 6) is 1.46. The summed E-state index contributed by atoms with van der Waals surface area (Å²) in [7, 11) is 1.82. The highest BCUT2D eigenvalue weighted by Crippen LogP contribution is 2.15. The zero-order valence-electron chi connectivity index (χ0n) is 13.3. The number of halogens is 1. The van der Waals surface area contributed by atoms with Gasteiger partial charge in [0.1, 0.15) is 0 Å². The number of aryl methyl sites for hydroxylation is 1. The second-order valence-electron chi connectivity index (χ2n) is 5.21. The lowest BCUT2D eigenvalue weighted by molar-refractivity contribution is 0.562. The highest BCUT2D eigenvalue weighted by molar-refractivity contribution is 14.0. The third kappa shape index (κ3) is 6.66. The molecule has 3 nitrogen and oxygen atoms in total. The van der Waals surface area contributed by atoms with Gasteiger partial charge >= 0.3 is 0 Å². The average molecular weight is 449 g/mol. The van der Waals surface area contributed by atoms with Crippen molar-refractivity contribution in [1.82, 2.24) is 10.6 Å². The van der Waals surface area contributed by atoms with Gasteiger partial charge in [-0.15, -0.1) is 46.7 Å². The summed E-state index contributed by atoms with van der Waals surface area (Å²) in [5.41, 5.74) is 0. The zero-order valence-corrected chi connectivity index (χ0v) is 17.2. The van der Waals surface area contributed by atoms with Crippen molar-refractivity contribution in [3.05, 3.63) is 44.3 Å². The molecule has 2 N–H and O–H groups in total. The largest absolute Gasteiger partial charge is 0.356 e. The molecule has 0 amide bonds. The van der Waals surface area contributed by atoms with Crippen molar-refractivity contribution in [3.8, 4) is 0 Å². The third-order valence-corrected chi connectivity index (χ3v) is 5.10. The van der Waals surface area contributed by atoms with Gasteiger partial charge in [-0.2, -0.15) is 0 Å². The Kier molecular flexibility index (Phi) is 9.04. The molecule has 2 rings (SSSR count). The van der Waals surface area contributed by atoms with E-state index in [1.165, 1.54) is 14.6 Å². The molecule has 0 fully saturated rings. The summed E-state index contributed by atoms with van der Waals surface area (Å²) >= 11 is 3.65. The molecule has 0 aliphatic heterocycles. The van der Waals surface area contributed by atoms with E-state index in [1.807, 2.05) is 29.7 Å². The van der Waals surface area contributed by atoms with Crippen LogP contribution in [0, 0.1) is 12.8 Å². The Bertz CT molecular complexity index is 564. The van der Waals surface area contributed by atoms with Crippen LogP contribution in [0.3, 0.4) is 0 Å². The molecular weight excluding hydrogens is 425 g/mol. The van der Waals surface area contributed by atoms with E-state index in [4.69, 9.17) is 0 Å². The second kappa shape index (κ2) is 10.2. The SMILES string of the molecule is CN=C(NCc1ccc(C)s1)NCC(C)Cc1cccs1.I. The maximum Gasteiger partial charge on any atom is 0.191 e. The number of guanidine groups is 1. The van der Waals surface area contributed by atoms with E-state index in [-0.39, 0.29) is 24.0 Å². The van der Waals surface area contributed by atoms with Crippen molar-refractivity contribution >= 4 is 52.6 Å². The minimum Gasteiger partial charge on any atom is -0.356 e. The van der Waals surface area contributed by atoms with Gasteiger partial charge < -0.3 is 10.6 Å². The van der Waals surface area contributed by atoms with Crippen molar-refractivity contribution in [1.29, 1.82) is 0 Å². The topological polar surface area (TPSA) is 36.4 Å². The van der Waals surface area contributed by atoms with Crippen LogP contribution >= 0.6 is 46.7 Å². The number of nitrogens with zero attached hydrogens (tertiary/aromatic N) is 1. The van der Waals surface area contributed by atoms with Gasteiger partial charge in [0.15, 0.2) is 5.96 Å². The van der Waals surface area contributed by atoms with Crippen molar-refractivity contribution in [2.24, 2.45) is 10.9 Å². The first-order valence-corrected chi connectivity index (χ1v) is 8.89. The number of hydrogen-bond donors (Lipinski definition) is 2. The lowest BCUT2D eigenvalue weighted by atomic mass is 10.1. The molecule has 1 unspecified atom stereocenters. The van der Waals surface area contributed by atoms with Crippen LogP contribution in [-0.4, -0.2) is 19.6 Å². The predicted octanol–water partition coefficient (Wildman–Crippen LogP) is 4.28. The first-order valence-electron chi connectivity index (χ1n) is 7.19. The summed E-state index contributed by atoms with van der Waals surface area (Å²) in [5, 5.41) is 8.91. The summed E-state index contributed by atoms with van der Waals surface area (Å²) in [6, 6.07) is 8.64. The molecule has 6 heteroatoms. The highest BCUT2D eigenvalue weighted by Gasteiger charge is 2.06. The lowest BCUT2D eigenvalue weighted by Crippen LogP contribution is -2.39.